The SMILES string of the molecule is COc1ccc(NNc2ccccc2OC(C)C)cc1. The van der Waals surface area contributed by atoms with Gasteiger partial charge in [0.25, 0.3) is 0 Å². The molecule has 2 aromatic rings. The summed E-state index contributed by atoms with van der Waals surface area (Å²) in [7, 11) is 1.65. The van der Waals surface area contributed by atoms with Crippen LogP contribution in [-0.2, 0) is 0 Å². The zero-order chi connectivity index (χ0) is 14.4. The number of nitrogens with one attached hydrogen (secondary N) is 2. The van der Waals surface area contributed by atoms with E-state index in [4.69, 9.17) is 9.47 Å². The van der Waals surface area contributed by atoms with E-state index >= 15 is 0 Å². The summed E-state index contributed by atoms with van der Waals surface area (Å²) in [5.41, 5.74) is 8.15. The number of hydrogen-bond acceptors (Lipinski definition) is 4. The van der Waals surface area contributed by atoms with Gasteiger partial charge in [0.05, 0.1) is 24.6 Å². The van der Waals surface area contributed by atoms with Crippen molar-refractivity contribution in [1.82, 2.24) is 0 Å². The molecular formula is C16H20N2O2. The number of hydrazine groups is 1. The molecule has 0 atom stereocenters. The number of methoxy groups -OCH3 is 1. The first-order valence-electron chi connectivity index (χ1n) is 6.61. The third-order valence-corrected chi connectivity index (χ3v) is 2.68. The second kappa shape index (κ2) is 6.70. The van der Waals surface area contributed by atoms with E-state index in [9.17, 15) is 0 Å². The van der Waals surface area contributed by atoms with Gasteiger partial charge in [0.2, 0.25) is 0 Å². The van der Waals surface area contributed by atoms with E-state index in [0.717, 1.165) is 22.9 Å². The van der Waals surface area contributed by atoms with Gasteiger partial charge < -0.3 is 14.9 Å². The largest absolute Gasteiger partial charge is 0.497 e. The molecule has 20 heavy (non-hydrogen) atoms. The number of anilines is 2. The van der Waals surface area contributed by atoms with Crippen LogP contribution in [0.25, 0.3) is 0 Å². The molecular weight excluding hydrogens is 252 g/mol. The molecule has 4 heteroatoms. The van der Waals surface area contributed by atoms with Crippen LogP contribution >= 0.6 is 0 Å². The minimum atomic E-state index is 0.138. The first-order chi connectivity index (χ1) is 9.69. The fourth-order valence-corrected chi connectivity index (χ4v) is 1.74. The van der Waals surface area contributed by atoms with Crippen LogP contribution in [0.5, 0.6) is 11.5 Å². The molecule has 0 amide bonds. The van der Waals surface area contributed by atoms with Crippen LogP contribution in [0.4, 0.5) is 11.4 Å². The molecule has 2 aromatic carbocycles. The molecule has 2 rings (SSSR count). The fourth-order valence-electron chi connectivity index (χ4n) is 1.74. The summed E-state index contributed by atoms with van der Waals surface area (Å²) in [6.45, 7) is 4.02. The van der Waals surface area contributed by atoms with Gasteiger partial charge in [-0.1, -0.05) is 12.1 Å². The Bertz CT molecular complexity index is 538. The Morgan fingerprint density at radius 2 is 1.60 bits per heavy atom. The van der Waals surface area contributed by atoms with E-state index in [0.29, 0.717) is 0 Å². The highest BCUT2D eigenvalue weighted by Crippen LogP contribution is 2.25. The summed E-state index contributed by atoms with van der Waals surface area (Å²) in [6, 6.07) is 15.5. The van der Waals surface area contributed by atoms with E-state index < -0.39 is 0 Å². The maximum Gasteiger partial charge on any atom is 0.144 e. The molecule has 0 aliphatic heterocycles. The van der Waals surface area contributed by atoms with E-state index in [-0.39, 0.29) is 6.10 Å². The number of hydrogen-bond donors (Lipinski definition) is 2. The fraction of sp³-hybridized carbons (Fsp3) is 0.250. The van der Waals surface area contributed by atoms with Crippen molar-refractivity contribution in [2.45, 2.75) is 20.0 Å². The van der Waals surface area contributed by atoms with Gasteiger partial charge in [-0.05, 0) is 50.2 Å². The van der Waals surface area contributed by atoms with E-state index in [1.165, 1.54) is 0 Å². The van der Waals surface area contributed by atoms with Gasteiger partial charge in [0.1, 0.15) is 11.5 Å². The smallest absolute Gasteiger partial charge is 0.144 e. The third kappa shape index (κ3) is 3.82. The van der Waals surface area contributed by atoms with Crippen LogP contribution in [0.1, 0.15) is 13.8 Å². The quantitative estimate of drug-likeness (QED) is 0.782. The molecule has 2 N–H and O–H groups in total. The van der Waals surface area contributed by atoms with Crippen molar-refractivity contribution < 1.29 is 9.47 Å². The van der Waals surface area contributed by atoms with Gasteiger partial charge in [-0.15, -0.1) is 0 Å². The van der Waals surface area contributed by atoms with Gasteiger partial charge in [0, 0.05) is 0 Å². The minimum Gasteiger partial charge on any atom is -0.497 e. The molecule has 0 heterocycles. The Morgan fingerprint density at radius 1 is 0.900 bits per heavy atom. The normalized spacial score (nSPS) is 10.2. The lowest BCUT2D eigenvalue weighted by Gasteiger charge is -2.16. The third-order valence-electron chi connectivity index (χ3n) is 2.68. The van der Waals surface area contributed by atoms with Crippen LogP contribution in [0.15, 0.2) is 48.5 Å². The molecule has 106 valence electrons. The van der Waals surface area contributed by atoms with Gasteiger partial charge in [-0.3, -0.25) is 5.43 Å². The Morgan fingerprint density at radius 3 is 2.25 bits per heavy atom. The van der Waals surface area contributed by atoms with Crippen LogP contribution in [0, 0.1) is 0 Å². The lowest BCUT2D eigenvalue weighted by Crippen LogP contribution is -2.12. The second-order valence-corrected chi connectivity index (χ2v) is 4.64. The summed E-state index contributed by atoms with van der Waals surface area (Å²) in [5, 5.41) is 0. The number of para-hydroxylation sites is 2. The maximum absolute atomic E-state index is 5.75. The molecule has 0 spiro atoms. The molecule has 0 radical (unpaired) electrons. The Kier molecular flexibility index (Phi) is 4.71. The molecule has 0 aromatic heterocycles. The van der Waals surface area contributed by atoms with Crippen molar-refractivity contribution >= 4 is 11.4 Å². The predicted octanol–water partition coefficient (Wildman–Crippen LogP) is 3.92. The number of rotatable bonds is 6. The van der Waals surface area contributed by atoms with Crippen LogP contribution in [0.3, 0.4) is 0 Å². The van der Waals surface area contributed by atoms with Crippen molar-refractivity contribution in [2.75, 3.05) is 18.0 Å². The molecule has 0 saturated carbocycles. The summed E-state index contributed by atoms with van der Waals surface area (Å²) in [6.07, 6.45) is 0.138. The summed E-state index contributed by atoms with van der Waals surface area (Å²) in [5.74, 6) is 1.66. The predicted molar refractivity (Wildman–Crippen MR) is 82.4 cm³/mol. The maximum atomic E-state index is 5.75. The lowest BCUT2D eigenvalue weighted by atomic mass is 10.3. The van der Waals surface area contributed by atoms with Crippen molar-refractivity contribution in [3.8, 4) is 11.5 Å². The molecule has 0 aliphatic carbocycles. The highest BCUT2D eigenvalue weighted by molar-refractivity contribution is 5.60. The minimum absolute atomic E-state index is 0.138. The van der Waals surface area contributed by atoms with Crippen LogP contribution < -0.4 is 20.3 Å². The van der Waals surface area contributed by atoms with Crippen molar-refractivity contribution in [2.24, 2.45) is 0 Å². The first-order valence-corrected chi connectivity index (χ1v) is 6.61. The number of ether oxygens (including phenoxy) is 2. The Balaban J connectivity index is 2.02. The Labute approximate surface area is 119 Å². The summed E-state index contributed by atoms with van der Waals surface area (Å²) < 4.78 is 10.9. The zero-order valence-electron chi connectivity index (χ0n) is 12.0. The average Bonchev–Trinajstić information content (AvgIpc) is 2.46. The molecule has 0 bridgehead atoms. The van der Waals surface area contributed by atoms with Gasteiger partial charge in [-0.25, -0.2) is 0 Å². The molecule has 4 nitrogen and oxygen atoms in total. The van der Waals surface area contributed by atoms with Crippen molar-refractivity contribution in [3.63, 3.8) is 0 Å². The Hall–Kier alpha value is -2.36. The molecule has 0 unspecified atom stereocenters. The summed E-state index contributed by atoms with van der Waals surface area (Å²) in [4.78, 5) is 0. The second-order valence-electron chi connectivity index (χ2n) is 4.64. The standard InChI is InChI=1S/C16H20N2O2/c1-12(2)20-16-7-5-4-6-15(16)18-17-13-8-10-14(19-3)11-9-13/h4-12,17-18H,1-3H3. The van der Waals surface area contributed by atoms with Crippen molar-refractivity contribution in [3.05, 3.63) is 48.5 Å². The molecule has 0 aliphatic rings. The van der Waals surface area contributed by atoms with Crippen LogP contribution in [0.2, 0.25) is 0 Å². The monoisotopic (exact) mass is 272 g/mol. The van der Waals surface area contributed by atoms with Gasteiger partial charge >= 0.3 is 0 Å². The summed E-state index contributed by atoms with van der Waals surface area (Å²) >= 11 is 0. The zero-order valence-corrected chi connectivity index (χ0v) is 12.0. The molecule has 0 fully saturated rings. The van der Waals surface area contributed by atoms with E-state index in [1.807, 2.05) is 62.4 Å². The van der Waals surface area contributed by atoms with Gasteiger partial charge in [-0.2, -0.15) is 0 Å². The molecule has 0 saturated heterocycles. The van der Waals surface area contributed by atoms with Gasteiger partial charge in [0.15, 0.2) is 0 Å². The van der Waals surface area contributed by atoms with Crippen molar-refractivity contribution in [1.29, 1.82) is 0 Å². The number of benzene rings is 2. The van der Waals surface area contributed by atoms with Crippen LogP contribution in [-0.4, -0.2) is 13.2 Å². The average molecular weight is 272 g/mol. The first kappa shape index (κ1) is 14.1. The van der Waals surface area contributed by atoms with E-state index in [1.54, 1.807) is 7.11 Å². The highest BCUT2D eigenvalue weighted by Gasteiger charge is 2.04. The lowest BCUT2D eigenvalue weighted by molar-refractivity contribution is 0.243. The topological polar surface area (TPSA) is 42.5 Å². The van der Waals surface area contributed by atoms with E-state index in [2.05, 4.69) is 10.9 Å². The highest BCUT2D eigenvalue weighted by atomic mass is 16.5.